The van der Waals surface area contributed by atoms with Gasteiger partial charge >= 0.3 is 0 Å². The second-order valence-corrected chi connectivity index (χ2v) is 6.70. The summed E-state index contributed by atoms with van der Waals surface area (Å²) in [6.07, 6.45) is 0.938. The molecule has 1 aromatic rings. The molecule has 1 saturated heterocycles. The van der Waals surface area contributed by atoms with Crippen LogP contribution in [-0.2, 0) is 13.0 Å². The number of aromatic nitrogens is 2. The summed E-state index contributed by atoms with van der Waals surface area (Å²) in [6, 6.07) is 0. The Balaban J connectivity index is 0.00000121. The van der Waals surface area contributed by atoms with Crippen LogP contribution >= 0.6 is 12.4 Å². The third-order valence-electron chi connectivity index (χ3n) is 5.42. The highest BCUT2D eigenvalue weighted by atomic mass is 35.5. The van der Waals surface area contributed by atoms with Crippen LogP contribution in [0.25, 0.3) is 0 Å². The van der Waals surface area contributed by atoms with E-state index in [1.165, 1.54) is 0 Å². The van der Waals surface area contributed by atoms with Gasteiger partial charge in [0.15, 0.2) is 5.69 Å². The molecule has 2 fully saturated rings. The summed E-state index contributed by atoms with van der Waals surface area (Å²) < 4.78 is 0. The standard InChI is InChI=1S/C14H20N4O.ClH/c1-14(2)9-6-18(7-10(9)14)13(19)12-8-5-15-4-3-11(8)16-17-12;/h9-10,15H,3-7H2,1-2H3,(H,16,17);1H. The van der Waals surface area contributed by atoms with Crippen molar-refractivity contribution in [3.05, 3.63) is 17.0 Å². The Kier molecular flexibility index (Phi) is 3.10. The number of carbonyl (C=O) groups is 1. The van der Waals surface area contributed by atoms with Crippen molar-refractivity contribution in [1.82, 2.24) is 20.4 Å². The van der Waals surface area contributed by atoms with E-state index in [0.29, 0.717) is 22.9 Å². The Labute approximate surface area is 124 Å². The van der Waals surface area contributed by atoms with Crippen LogP contribution in [-0.4, -0.2) is 40.6 Å². The summed E-state index contributed by atoms with van der Waals surface area (Å²) in [5, 5.41) is 10.6. The van der Waals surface area contributed by atoms with E-state index in [9.17, 15) is 4.79 Å². The molecule has 0 aromatic carbocycles. The molecule has 2 aliphatic heterocycles. The van der Waals surface area contributed by atoms with E-state index in [1.54, 1.807) is 0 Å². The third kappa shape index (κ3) is 1.79. The first kappa shape index (κ1) is 13.9. The number of hydrogen-bond acceptors (Lipinski definition) is 3. The zero-order chi connectivity index (χ0) is 13.2. The molecule has 3 heterocycles. The lowest BCUT2D eigenvalue weighted by Gasteiger charge is -2.22. The number of piperidine rings is 1. The van der Waals surface area contributed by atoms with E-state index in [2.05, 4.69) is 29.4 Å². The SMILES string of the molecule is CC1(C)C2CN(C(=O)c3n[nH]c4c3CNCC4)CC21.Cl. The Bertz CT molecular complexity index is 539. The smallest absolute Gasteiger partial charge is 0.274 e. The molecular weight excluding hydrogens is 276 g/mol. The minimum absolute atomic E-state index is 0. The van der Waals surface area contributed by atoms with Gasteiger partial charge in [0.1, 0.15) is 0 Å². The predicted molar refractivity (Wildman–Crippen MR) is 77.9 cm³/mol. The lowest BCUT2D eigenvalue weighted by Crippen LogP contribution is -2.34. The van der Waals surface area contributed by atoms with Crippen molar-refractivity contribution in [3.8, 4) is 0 Å². The summed E-state index contributed by atoms with van der Waals surface area (Å²) in [6.45, 7) is 8.16. The Morgan fingerprint density at radius 3 is 2.75 bits per heavy atom. The van der Waals surface area contributed by atoms with E-state index >= 15 is 0 Å². The maximum atomic E-state index is 12.6. The molecule has 6 heteroatoms. The fourth-order valence-electron chi connectivity index (χ4n) is 3.85. The first-order valence-corrected chi connectivity index (χ1v) is 7.15. The Morgan fingerprint density at radius 1 is 1.35 bits per heavy atom. The molecule has 1 saturated carbocycles. The number of nitrogens with one attached hydrogen (secondary N) is 2. The van der Waals surface area contributed by atoms with Gasteiger partial charge in [-0.1, -0.05) is 13.8 Å². The van der Waals surface area contributed by atoms with E-state index in [1.807, 2.05) is 4.90 Å². The highest BCUT2D eigenvalue weighted by Gasteiger charge is 2.62. The molecule has 1 aromatic heterocycles. The van der Waals surface area contributed by atoms with Gasteiger partial charge in [0, 0.05) is 43.9 Å². The Morgan fingerprint density at radius 2 is 2.05 bits per heavy atom. The molecule has 20 heavy (non-hydrogen) atoms. The number of likely N-dealkylation sites (tertiary alicyclic amines) is 1. The van der Waals surface area contributed by atoms with Crippen LogP contribution < -0.4 is 5.32 Å². The van der Waals surface area contributed by atoms with Crippen molar-refractivity contribution in [2.45, 2.75) is 26.8 Å². The molecule has 5 nitrogen and oxygen atoms in total. The largest absolute Gasteiger partial charge is 0.337 e. The van der Waals surface area contributed by atoms with Crippen LogP contribution in [0.5, 0.6) is 0 Å². The summed E-state index contributed by atoms with van der Waals surface area (Å²) in [5.41, 5.74) is 3.30. The zero-order valence-electron chi connectivity index (χ0n) is 11.9. The predicted octanol–water partition coefficient (Wildman–Crippen LogP) is 1.21. The number of nitrogens with zero attached hydrogens (tertiary/aromatic N) is 2. The minimum Gasteiger partial charge on any atom is -0.337 e. The summed E-state index contributed by atoms with van der Waals surface area (Å²) in [5.74, 6) is 1.51. The van der Waals surface area contributed by atoms with Crippen LogP contribution in [0.4, 0.5) is 0 Å². The zero-order valence-corrected chi connectivity index (χ0v) is 12.7. The van der Waals surface area contributed by atoms with E-state index in [-0.39, 0.29) is 18.3 Å². The van der Waals surface area contributed by atoms with Gasteiger partial charge in [0.2, 0.25) is 0 Å². The van der Waals surface area contributed by atoms with Crippen LogP contribution in [0, 0.1) is 17.3 Å². The molecule has 2 N–H and O–H groups in total. The molecular formula is C14H21ClN4O. The van der Waals surface area contributed by atoms with Crippen molar-refractivity contribution in [3.63, 3.8) is 0 Å². The topological polar surface area (TPSA) is 61.0 Å². The Hall–Kier alpha value is -1.07. The number of hydrogen-bond donors (Lipinski definition) is 2. The summed E-state index contributed by atoms with van der Waals surface area (Å²) >= 11 is 0. The lowest BCUT2D eigenvalue weighted by molar-refractivity contribution is 0.0751. The first-order valence-electron chi connectivity index (χ1n) is 7.15. The number of H-pyrrole nitrogens is 1. The average Bonchev–Trinajstić information content (AvgIpc) is 2.89. The average molecular weight is 297 g/mol. The summed E-state index contributed by atoms with van der Waals surface area (Å²) in [7, 11) is 0. The number of halogens is 1. The van der Waals surface area contributed by atoms with Crippen LogP contribution in [0.3, 0.4) is 0 Å². The molecule has 2 unspecified atom stereocenters. The molecule has 1 aliphatic carbocycles. The van der Waals surface area contributed by atoms with Crippen molar-refractivity contribution in [2.75, 3.05) is 19.6 Å². The number of aromatic amines is 1. The van der Waals surface area contributed by atoms with Crippen molar-refractivity contribution in [1.29, 1.82) is 0 Å². The quantitative estimate of drug-likeness (QED) is 0.819. The van der Waals surface area contributed by atoms with Gasteiger partial charge in [0.05, 0.1) is 0 Å². The van der Waals surface area contributed by atoms with Crippen molar-refractivity contribution >= 4 is 18.3 Å². The van der Waals surface area contributed by atoms with E-state index < -0.39 is 0 Å². The summed E-state index contributed by atoms with van der Waals surface area (Å²) in [4.78, 5) is 14.6. The van der Waals surface area contributed by atoms with Gasteiger partial charge in [0.25, 0.3) is 5.91 Å². The molecule has 0 bridgehead atoms. The molecule has 2 atom stereocenters. The van der Waals surface area contributed by atoms with Crippen molar-refractivity contribution in [2.24, 2.45) is 17.3 Å². The number of amides is 1. The molecule has 1 amide bonds. The minimum atomic E-state index is 0. The molecule has 4 rings (SSSR count). The second-order valence-electron chi connectivity index (χ2n) is 6.70. The van der Waals surface area contributed by atoms with Gasteiger partial charge < -0.3 is 10.2 Å². The number of carbonyl (C=O) groups excluding carboxylic acids is 1. The lowest BCUT2D eigenvalue weighted by atomic mass is 10.0. The normalized spacial score (nSPS) is 29.4. The van der Waals surface area contributed by atoms with Gasteiger partial charge in [-0.05, 0) is 17.3 Å². The molecule has 0 radical (unpaired) electrons. The third-order valence-corrected chi connectivity index (χ3v) is 5.42. The first-order chi connectivity index (χ1) is 9.09. The van der Waals surface area contributed by atoms with Crippen LogP contribution in [0.1, 0.15) is 35.6 Å². The highest BCUT2D eigenvalue weighted by Crippen LogP contribution is 2.62. The van der Waals surface area contributed by atoms with E-state index in [4.69, 9.17) is 0 Å². The number of fused-ring (bicyclic) bond motifs is 2. The fourth-order valence-corrected chi connectivity index (χ4v) is 3.85. The monoisotopic (exact) mass is 296 g/mol. The molecule has 0 spiro atoms. The maximum absolute atomic E-state index is 12.6. The van der Waals surface area contributed by atoms with Gasteiger partial charge in [-0.2, -0.15) is 5.10 Å². The molecule has 110 valence electrons. The van der Waals surface area contributed by atoms with Gasteiger partial charge in [-0.3, -0.25) is 9.89 Å². The van der Waals surface area contributed by atoms with Crippen molar-refractivity contribution < 1.29 is 4.79 Å². The maximum Gasteiger partial charge on any atom is 0.274 e. The van der Waals surface area contributed by atoms with Gasteiger partial charge in [-0.15, -0.1) is 12.4 Å². The number of rotatable bonds is 1. The fraction of sp³-hybridized carbons (Fsp3) is 0.714. The van der Waals surface area contributed by atoms with Crippen LogP contribution in [0.15, 0.2) is 0 Å². The van der Waals surface area contributed by atoms with E-state index in [0.717, 1.165) is 43.9 Å². The van der Waals surface area contributed by atoms with Crippen LogP contribution in [0.2, 0.25) is 0 Å². The second kappa shape index (κ2) is 4.46. The van der Waals surface area contributed by atoms with Gasteiger partial charge in [-0.25, -0.2) is 0 Å². The highest BCUT2D eigenvalue weighted by molar-refractivity contribution is 5.94. The molecule has 3 aliphatic rings.